The average molecular weight is 483 g/mol. The molecule has 2 aromatic rings. The molecular weight excluding hydrogens is 448 g/mol. The maximum Gasteiger partial charge on any atom is 0.303 e. The van der Waals surface area contributed by atoms with E-state index in [1.165, 1.54) is 0 Å². The number of carbonyl (C=O) groups excluding carboxylic acids is 1. The van der Waals surface area contributed by atoms with Gasteiger partial charge in [0.05, 0.1) is 13.7 Å². The zero-order valence-electron chi connectivity index (χ0n) is 20.2. The molecule has 0 radical (unpaired) electrons. The maximum absolute atomic E-state index is 12.5. The van der Waals surface area contributed by atoms with Crippen LogP contribution in [-0.4, -0.2) is 41.7 Å². The molecule has 0 saturated carbocycles. The number of hydrogen-bond acceptors (Lipinski definition) is 5. The standard InChI is InChI=1S/C28H34O7/c1-34-24-15-11-21(12-16-24)8-4-2-3-7-19-35-26-17-13-22(20-23(26)14-18-28(32)33)25(29)9-5-6-10-27(30)31/h4,8,11-13,15-17,20H,2-3,5-7,9-10,14,18-19H2,1H3,(H,30,31)(H,32,33)/b8-4+. The summed E-state index contributed by atoms with van der Waals surface area (Å²) < 4.78 is 11.1. The third-order valence-corrected chi connectivity index (χ3v) is 5.48. The number of rotatable bonds is 17. The van der Waals surface area contributed by atoms with Gasteiger partial charge >= 0.3 is 11.9 Å². The first-order valence-corrected chi connectivity index (χ1v) is 11.9. The third-order valence-electron chi connectivity index (χ3n) is 5.48. The molecule has 0 spiro atoms. The number of carboxylic acids is 2. The second-order valence-corrected chi connectivity index (χ2v) is 8.26. The van der Waals surface area contributed by atoms with Gasteiger partial charge in [-0.25, -0.2) is 0 Å². The van der Waals surface area contributed by atoms with Gasteiger partial charge in [-0.05, 0) is 80.0 Å². The minimum absolute atomic E-state index is 0.0429. The molecule has 7 heteroatoms. The van der Waals surface area contributed by atoms with Crippen molar-refractivity contribution < 1.29 is 34.1 Å². The molecule has 2 aromatic carbocycles. The normalized spacial score (nSPS) is 10.9. The predicted octanol–water partition coefficient (Wildman–Crippen LogP) is 5.80. The first kappa shape index (κ1) is 27.6. The van der Waals surface area contributed by atoms with Crippen molar-refractivity contribution in [1.82, 2.24) is 0 Å². The van der Waals surface area contributed by atoms with Crippen LogP contribution in [-0.2, 0) is 16.0 Å². The van der Waals surface area contributed by atoms with Gasteiger partial charge in [-0.3, -0.25) is 14.4 Å². The van der Waals surface area contributed by atoms with Crippen molar-refractivity contribution in [3.05, 3.63) is 65.2 Å². The molecule has 0 saturated heterocycles. The molecule has 0 aliphatic carbocycles. The molecule has 0 amide bonds. The summed E-state index contributed by atoms with van der Waals surface area (Å²) in [4.78, 5) is 34.1. The number of carboxylic acid groups (broad SMARTS) is 2. The van der Waals surface area contributed by atoms with Crippen molar-refractivity contribution in [1.29, 1.82) is 0 Å². The number of allylic oxidation sites excluding steroid dienone is 1. The van der Waals surface area contributed by atoms with E-state index < -0.39 is 11.9 Å². The van der Waals surface area contributed by atoms with E-state index in [0.717, 1.165) is 30.6 Å². The molecule has 0 aliphatic rings. The highest BCUT2D eigenvalue weighted by Crippen LogP contribution is 2.24. The lowest BCUT2D eigenvalue weighted by Gasteiger charge is -2.13. The monoisotopic (exact) mass is 482 g/mol. The summed E-state index contributed by atoms with van der Waals surface area (Å²) in [5, 5.41) is 17.8. The molecule has 35 heavy (non-hydrogen) atoms. The summed E-state index contributed by atoms with van der Waals surface area (Å²) in [6, 6.07) is 13.0. The van der Waals surface area contributed by atoms with Crippen LogP contribution in [0.5, 0.6) is 11.5 Å². The number of ketones is 1. The van der Waals surface area contributed by atoms with Crippen molar-refractivity contribution in [2.45, 2.75) is 57.8 Å². The SMILES string of the molecule is COc1ccc(/C=C/CCCCOc2ccc(C(=O)CCCCC(=O)O)cc2CCC(=O)O)cc1. The minimum Gasteiger partial charge on any atom is -0.497 e. The Labute approximate surface area is 206 Å². The largest absolute Gasteiger partial charge is 0.497 e. The fourth-order valence-electron chi connectivity index (χ4n) is 3.52. The molecular formula is C28H34O7. The Bertz CT molecular complexity index is 993. The van der Waals surface area contributed by atoms with Crippen molar-refractivity contribution in [3.63, 3.8) is 0 Å². The topological polar surface area (TPSA) is 110 Å². The minimum atomic E-state index is -0.912. The molecule has 0 aliphatic heterocycles. The summed E-state index contributed by atoms with van der Waals surface area (Å²) >= 11 is 0. The van der Waals surface area contributed by atoms with E-state index in [0.29, 0.717) is 36.3 Å². The number of benzene rings is 2. The highest BCUT2D eigenvalue weighted by atomic mass is 16.5. The van der Waals surface area contributed by atoms with E-state index in [1.54, 1.807) is 25.3 Å². The van der Waals surface area contributed by atoms with Crippen LogP contribution >= 0.6 is 0 Å². The van der Waals surface area contributed by atoms with Gasteiger partial charge < -0.3 is 19.7 Å². The number of hydrogen-bond donors (Lipinski definition) is 2. The van der Waals surface area contributed by atoms with Crippen molar-refractivity contribution in [2.75, 3.05) is 13.7 Å². The summed E-state index contributed by atoms with van der Waals surface area (Å²) in [6.45, 7) is 0.499. The second-order valence-electron chi connectivity index (χ2n) is 8.26. The predicted molar refractivity (Wildman–Crippen MR) is 134 cm³/mol. The number of ether oxygens (including phenoxy) is 2. The number of methoxy groups -OCH3 is 1. The van der Waals surface area contributed by atoms with Crippen molar-refractivity contribution in [3.8, 4) is 11.5 Å². The van der Waals surface area contributed by atoms with E-state index in [1.807, 2.05) is 24.3 Å². The fraction of sp³-hybridized carbons (Fsp3) is 0.393. The number of carbonyl (C=O) groups is 3. The molecule has 2 rings (SSSR count). The summed E-state index contributed by atoms with van der Waals surface area (Å²) in [7, 11) is 1.64. The number of Topliss-reactive ketones (excluding diaryl/α,β-unsaturated/α-hetero) is 1. The summed E-state index contributed by atoms with van der Waals surface area (Å²) in [6.07, 6.45) is 8.37. The lowest BCUT2D eigenvalue weighted by molar-refractivity contribution is -0.138. The Hall–Kier alpha value is -3.61. The second kappa shape index (κ2) is 15.3. The molecule has 2 N–H and O–H groups in total. The Morgan fingerprint density at radius 2 is 1.57 bits per heavy atom. The summed E-state index contributed by atoms with van der Waals surface area (Å²) in [5.74, 6) is -0.437. The van der Waals surface area contributed by atoms with Crippen LogP contribution in [0, 0.1) is 0 Å². The highest BCUT2D eigenvalue weighted by Gasteiger charge is 2.12. The van der Waals surface area contributed by atoms with Gasteiger partial charge in [-0.2, -0.15) is 0 Å². The van der Waals surface area contributed by atoms with Gasteiger partial charge in [0.15, 0.2) is 5.78 Å². The number of unbranched alkanes of at least 4 members (excludes halogenated alkanes) is 3. The molecule has 0 heterocycles. The Kier molecular flexibility index (Phi) is 12.1. The Morgan fingerprint density at radius 3 is 2.26 bits per heavy atom. The van der Waals surface area contributed by atoms with Gasteiger partial charge in [-0.1, -0.05) is 24.3 Å². The first-order valence-electron chi connectivity index (χ1n) is 11.9. The molecule has 7 nitrogen and oxygen atoms in total. The lowest BCUT2D eigenvalue weighted by Crippen LogP contribution is -2.06. The number of aliphatic carboxylic acids is 2. The van der Waals surface area contributed by atoms with Gasteiger partial charge in [-0.15, -0.1) is 0 Å². The Morgan fingerprint density at radius 1 is 0.857 bits per heavy atom. The zero-order valence-corrected chi connectivity index (χ0v) is 20.2. The van der Waals surface area contributed by atoms with E-state index in [9.17, 15) is 14.4 Å². The van der Waals surface area contributed by atoms with Crippen molar-refractivity contribution in [2.24, 2.45) is 0 Å². The highest BCUT2D eigenvalue weighted by molar-refractivity contribution is 5.96. The van der Waals surface area contributed by atoms with Crippen molar-refractivity contribution >= 4 is 23.8 Å². The number of aryl methyl sites for hydroxylation is 1. The average Bonchev–Trinajstić information content (AvgIpc) is 2.85. The van der Waals surface area contributed by atoms with Gasteiger partial charge in [0, 0.05) is 24.8 Å². The van der Waals surface area contributed by atoms with Gasteiger partial charge in [0.2, 0.25) is 0 Å². The van der Waals surface area contributed by atoms with Crippen LogP contribution in [0.4, 0.5) is 0 Å². The molecule has 0 atom stereocenters. The molecule has 0 bridgehead atoms. The first-order chi connectivity index (χ1) is 16.9. The van der Waals surface area contributed by atoms with E-state index in [-0.39, 0.29) is 31.5 Å². The van der Waals surface area contributed by atoms with Crippen LogP contribution in [0.3, 0.4) is 0 Å². The molecule has 188 valence electrons. The van der Waals surface area contributed by atoms with E-state index >= 15 is 0 Å². The third kappa shape index (κ3) is 10.9. The van der Waals surface area contributed by atoms with Crippen LogP contribution in [0.25, 0.3) is 6.08 Å². The maximum atomic E-state index is 12.5. The van der Waals surface area contributed by atoms with Gasteiger partial charge in [0.25, 0.3) is 0 Å². The smallest absolute Gasteiger partial charge is 0.303 e. The Balaban J connectivity index is 1.83. The zero-order chi connectivity index (χ0) is 25.5. The van der Waals surface area contributed by atoms with Crippen LogP contribution < -0.4 is 9.47 Å². The fourth-order valence-corrected chi connectivity index (χ4v) is 3.52. The quantitative estimate of drug-likeness (QED) is 0.216. The van der Waals surface area contributed by atoms with E-state index in [2.05, 4.69) is 12.2 Å². The molecule has 0 aromatic heterocycles. The van der Waals surface area contributed by atoms with E-state index in [4.69, 9.17) is 19.7 Å². The summed E-state index contributed by atoms with van der Waals surface area (Å²) in [5.41, 5.74) is 2.31. The van der Waals surface area contributed by atoms with Crippen LogP contribution in [0.15, 0.2) is 48.5 Å². The lowest BCUT2D eigenvalue weighted by atomic mass is 9.99. The van der Waals surface area contributed by atoms with Crippen LogP contribution in [0.2, 0.25) is 0 Å². The van der Waals surface area contributed by atoms with Crippen LogP contribution in [0.1, 0.15) is 72.9 Å². The molecule has 0 fully saturated rings. The van der Waals surface area contributed by atoms with Gasteiger partial charge in [0.1, 0.15) is 11.5 Å². The molecule has 0 unspecified atom stereocenters.